The summed E-state index contributed by atoms with van der Waals surface area (Å²) in [6.45, 7) is 2.08. The smallest absolute Gasteiger partial charge is 0.153 e. The molecule has 3 nitrogen and oxygen atoms in total. The second kappa shape index (κ2) is 5.13. The molecule has 1 aromatic heterocycles. The summed E-state index contributed by atoms with van der Waals surface area (Å²) in [5.74, 6) is 0.522. The van der Waals surface area contributed by atoms with Gasteiger partial charge in [-0.1, -0.05) is 52.3 Å². The maximum atomic E-state index is 6.04. The highest BCUT2D eigenvalue weighted by molar-refractivity contribution is 9.10. The lowest BCUT2D eigenvalue weighted by molar-refractivity contribution is 1.10. The molecule has 0 unspecified atom stereocenters. The van der Waals surface area contributed by atoms with E-state index in [0.29, 0.717) is 5.82 Å². The second-order valence-electron chi connectivity index (χ2n) is 4.68. The van der Waals surface area contributed by atoms with Crippen molar-refractivity contribution in [2.75, 3.05) is 5.73 Å². The van der Waals surface area contributed by atoms with E-state index in [9.17, 15) is 0 Å². The molecular formula is C16H14BrN3. The van der Waals surface area contributed by atoms with Crippen LogP contribution in [0.2, 0.25) is 0 Å². The molecule has 0 radical (unpaired) electrons. The summed E-state index contributed by atoms with van der Waals surface area (Å²) in [7, 11) is 0. The molecule has 0 aliphatic carbocycles. The van der Waals surface area contributed by atoms with Gasteiger partial charge in [-0.2, -0.15) is 5.10 Å². The number of nitrogens with two attached hydrogens (primary N) is 1. The third-order valence-corrected chi connectivity index (χ3v) is 3.81. The fourth-order valence-electron chi connectivity index (χ4n) is 2.36. The van der Waals surface area contributed by atoms with Gasteiger partial charge in [-0.15, -0.1) is 0 Å². The van der Waals surface area contributed by atoms with Gasteiger partial charge in [0.1, 0.15) is 0 Å². The van der Waals surface area contributed by atoms with Gasteiger partial charge in [-0.25, -0.2) is 0 Å². The van der Waals surface area contributed by atoms with E-state index >= 15 is 0 Å². The van der Waals surface area contributed by atoms with Gasteiger partial charge in [0.05, 0.1) is 11.3 Å². The number of nitrogens with one attached hydrogen (secondary N) is 1. The zero-order valence-corrected chi connectivity index (χ0v) is 12.6. The maximum Gasteiger partial charge on any atom is 0.153 e. The van der Waals surface area contributed by atoms with Crippen LogP contribution in [0.4, 0.5) is 5.82 Å². The topological polar surface area (TPSA) is 54.7 Å². The molecule has 3 aromatic rings. The van der Waals surface area contributed by atoms with Crippen LogP contribution in [0, 0.1) is 6.92 Å². The first-order chi connectivity index (χ1) is 9.66. The highest BCUT2D eigenvalue weighted by Crippen LogP contribution is 2.36. The lowest BCUT2D eigenvalue weighted by Gasteiger charge is -2.08. The van der Waals surface area contributed by atoms with Gasteiger partial charge < -0.3 is 5.73 Å². The predicted octanol–water partition coefficient (Wildman–Crippen LogP) is 4.40. The summed E-state index contributed by atoms with van der Waals surface area (Å²) in [6.07, 6.45) is 0. The monoisotopic (exact) mass is 327 g/mol. The first kappa shape index (κ1) is 12.9. The van der Waals surface area contributed by atoms with E-state index in [2.05, 4.69) is 45.2 Å². The zero-order chi connectivity index (χ0) is 14.1. The number of nitrogen functional groups attached to an aromatic ring is 1. The number of hydrogen-bond acceptors (Lipinski definition) is 2. The van der Waals surface area contributed by atoms with Crippen molar-refractivity contribution in [1.29, 1.82) is 0 Å². The van der Waals surface area contributed by atoms with E-state index in [1.807, 2.05) is 36.4 Å². The Morgan fingerprint density at radius 2 is 1.85 bits per heavy atom. The van der Waals surface area contributed by atoms with Gasteiger partial charge in [0.25, 0.3) is 0 Å². The zero-order valence-electron chi connectivity index (χ0n) is 11.0. The van der Waals surface area contributed by atoms with Crippen molar-refractivity contribution >= 4 is 21.7 Å². The Balaban J connectivity index is 2.21. The number of halogens is 1. The number of rotatable bonds is 2. The lowest BCUT2D eigenvalue weighted by atomic mass is 9.98. The van der Waals surface area contributed by atoms with Crippen molar-refractivity contribution in [3.05, 3.63) is 58.6 Å². The molecule has 20 heavy (non-hydrogen) atoms. The summed E-state index contributed by atoms with van der Waals surface area (Å²) in [5.41, 5.74) is 11.3. The number of aromatic amines is 1. The van der Waals surface area contributed by atoms with E-state index in [4.69, 9.17) is 5.73 Å². The number of aromatic nitrogens is 2. The Morgan fingerprint density at radius 3 is 2.55 bits per heavy atom. The first-order valence-corrected chi connectivity index (χ1v) is 7.12. The number of benzene rings is 2. The number of H-pyrrole nitrogens is 1. The molecule has 0 saturated heterocycles. The average molecular weight is 328 g/mol. The van der Waals surface area contributed by atoms with Crippen molar-refractivity contribution in [3.8, 4) is 22.4 Å². The molecule has 0 bridgehead atoms. The Morgan fingerprint density at radius 1 is 1.10 bits per heavy atom. The molecule has 0 aliphatic rings. The fourth-order valence-corrected chi connectivity index (χ4v) is 2.83. The minimum atomic E-state index is 0.522. The number of anilines is 1. The van der Waals surface area contributed by atoms with Crippen LogP contribution in [0.5, 0.6) is 0 Å². The Kier molecular flexibility index (Phi) is 3.32. The first-order valence-electron chi connectivity index (χ1n) is 6.32. The molecule has 0 aliphatic heterocycles. The van der Waals surface area contributed by atoms with Gasteiger partial charge in [-0.3, -0.25) is 5.10 Å². The van der Waals surface area contributed by atoms with Crippen LogP contribution in [-0.4, -0.2) is 10.2 Å². The van der Waals surface area contributed by atoms with Crippen LogP contribution in [0.15, 0.2) is 53.0 Å². The summed E-state index contributed by atoms with van der Waals surface area (Å²) < 4.78 is 1.06. The standard InChI is InChI=1S/C16H14BrN3/c1-10-9-12(17)7-8-13(10)15-14(16(18)20-19-15)11-5-3-2-4-6-11/h2-9H,1H3,(H3,18,19,20). The Hall–Kier alpha value is -2.07. The molecule has 4 heteroatoms. The fraction of sp³-hybridized carbons (Fsp3) is 0.0625. The van der Waals surface area contributed by atoms with Crippen LogP contribution >= 0.6 is 15.9 Å². The average Bonchev–Trinajstić information content (AvgIpc) is 2.81. The number of hydrogen-bond donors (Lipinski definition) is 2. The van der Waals surface area contributed by atoms with Crippen LogP contribution in [0.1, 0.15) is 5.56 Å². The van der Waals surface area contributed by atoms with Gasteiger partial charge in [-0.05, 0) is 30.2 Å². The van der Waals surface area contributed by atoms with Crippen molar-refractivity contribution in [1.82, 2.24) is 10.2 Å². The van der Waals surface area contributed by atoms with Crippen LogP contribution in [-0.2, 0) is 0 Å². The van der Waals surface area contributed by atoms with E-state index in [0.717, 1.165) is 26.9 Å². The number of nitrogens with zero attached hydrogens (tertiary/aromatic N) is 1. The summed E-state index contributed by atoms with van der Waals surface area (Å²) in [6, 6.07) is 16.2. The van der Waals surface area contributed by atoms with E-state index in [1.165, 1.54) is 5.56 Å². The van der Waals surface area contributed by atoms with Crippen LogP contribution in [0.25, 0.3) is 22.4 Å². The van der Waals surface area contributed by atoms with Crippen LogP contribution < -0.4 is 5.73 Å². The van der Waals surface area contributed by atoms with E-state index in [-0.39, 0.29) is 0 Å². The molecule has 1 heterocycles. The SMILES string of the molecule is Cc1cc(Br)ccc1-c1[nH]nc(N)c1-c1ccccc1. The highest BCUT2D eigenvalue weighted by atomic mass is 79.9. The number of aryl methyl sites for hydroxylation is 1. The van der Waals surface area contributed by atoms with Gasteiger partial charge in [0, 0.05) is 10.0 Å². The molecule has 3 rings (SSSR count). The highest BCUT2D eigenvalue weighted by Gasteiger charge is 2.15. The van der Waals surface area contributed by atoms with Crippen molar-refractivity contribution in [3.63, 3.8) is 0 Å². The predicted molar refractivity (Wildman–Crippen MR) is 86.3 cm³/mol. The summed E-state index contributed by atoms with van der Waals surface area (Å²) in [4.78, 5) is 0. The third kappa shape index (κ3) is 2.23. The van der Waals surface area contributed by atoms with Crippen molar-refractivity contribution in [2.45, 2.75) is 6.92 Å². The van der Waals surface area contributed by atoms with E-state index < -0.39 is 0 Å². The van der Waals surface area contributed by atoms with Crippen molar-refractivity contribution in [2.24, 2.45) is 0 Å². The molecule has 0 atom stereocenters. The molecule has 0 fully saturated rings. The van der Waals surface area contributed by atoms with Gasteiger partial charge in [0.2, 0.25) is 0 Å². The maximum absolute atomic E-state index is 6.04. The molecular weight excluding hydrogens is 314 g/mol. The summed E-state index contributed by atoms with van der Waals surface area (Å²) in [5, 5.41) is 7.23. The second-order valence-corrected chi connectivity index (χ2v) is 5.60. The quantitative estimate of drug-likeness (QED) is 0.733. The summed E-state index contributed by atoms with van der Waals surface area (Å²) >= 11 is 3.49. The Bertz CT molecular complexity index is 748. The molecule has 0 amide bonds. The molecule has 100 valence electrons. The normalized spacial score (nSPS) is 10.7. The molecule has 0 saturated carbocycles. The molecule has 2 aromatic carbocycles. The van der Waals surface area contributed by atoms with Crippen LogP contribution in [0.3, 0.4) is 0 Å². The third-order valence-electron chi connectivity index (χ3n) is 3.31. The van der Waals surface area contributed by atoms with Gasteiger partial charge >= 0.3 is 0 Å². The molecule has 0 spiro atoms. The van der Waals surface area contributed by atoms with E-state index in [1.54, 1.807) is 0 Å². The Labute approximate surface area is 126 Å². The van der Waals surface area contributed by atoms with Crippen molar-refractivity contribution < 1.29 is 0 Å². The lowest BCUT2D eigenvalue weighted by Crippen LogP contribution is -1.89. The van der Waals surface area contributed by atoms with Gasteiger partial charge in [0.15, 0.2) is 5.82 Å². The molecule has 3 N–H and O–H groups in total. The largest absolute Gasteiger partial charge is 0.382 e. The minimum absolute atomic E-state index is 0.522. The minimum Gasteiger partial charge on any atom is -0.382 e.